The highest BCUT2D eigenvalue weighted by Gasteiger charge is 2.21. The number of β-amino-alcohol motifs (C(OH)–C–C–N with tert-alkyl or cyclic N) is 1. The van der Waals surface area contributed by atoms with Gasteiger partial charge in [-0.15, -0.1) is 0 Å². The molecule has 0 amide bonds. The van der Waals surface area contributed by atoms with E-state index in [1.165, 1.54) is 32.4 Å². The van der Waals surface area contributed by atoms with Gasteiger partial charge < -0.3 is 19.9 Å². The van der Waals surface area contributed by atoms with Crippen LogP contribution in [0.2, 0.25) is 0 Å². The van der Waals surface area contributed by atoms with Crippen molar-refractivity contribution in [2.75, 3.05) is 40.7 Å². The topological polar surface area (TPSA) is 112 Å². The van der Waals surface area contributed by atoms with Crippen molar-refractivity contribution >= 4 is 16.0 Å². The third-order valence-electron chi connectivity index (χ3n) is 3.21. The molecule has 23 heavy (non-hydrogen) atoms. The number of hydrogen-bond acceptors (Lipinski definition) is 8. The first-order valence-corrected chi connectivity index (χ1v) is 8.35. The number of aliphatic hydroxyl groups is 1. The van der Waals surface area contributed by atoms with Gasteiger partial charge in [0, 0.05) is 12.6 Å². The van der Waals surface area contributed by atoms with E-state index < -0.39 is 10.0 Å². The Morgan fingerprint density at radius 2 is 2.09 bits per heavy atom. The first-order valence-electron chi connectivity index (χ1n) is 6.86. The summed E-state index contributed by atoms with van der Waals surface area (Å²) in [4.78, 5) is 5.96. The molecule has 10 heteroatoms. The molecule has 9 nitrogen and oxygen atoms in total. The number of nitrogens with one attached hydrogen (secondary N) is 2. The molecule has 1 aromatic rings. The molecule has 0 unspecified atom stereocenters. The lowest BCUT2D eigenvalue weighted by molar-refractivity contribution is 0.190. The zero-order chi connectivity index (χ0) is 16.9. The molecule has 0 saturated heterocycles. The minimum absolute atomic E-state index is 0.0178. The SMILES string of the molecule is COc1ccc(S(=O)(=O)NC2=NCN(CCO)CN2)cc1OC. The minimum atomic E-state index is -3.79. The predicted molar refractivity (Wildman–Crippen MR) is 84.0 cm³/mol. The lowest BCUT2D eigenvalue weighted by atomic mass is 10.3. The summed E-state index contributed by atoms with van der Waals surface area (Å²) in [5.41, 5.74) is 0. The monoisotopic (exact) mass is 344 g/mol. The van der Waals surface area contributed by atoms with Gasteiger partial charge in [-0.25, -0.2) is 18.1 Å². The summed E-state index contributed by atoms with van der Waals surface area (Å²) >= 11 is 0. The molecule has 128 valence electrons. The fourth-order valence-corrected chi connectivity index (χ4v) is 3.01. The normalized spacial score (nSPS) is 15.5. The van der Waals surface area contributed by atoms with Crippen molar-refractivity contribution in [1.82, 2.24) is 14.9 Å². The lowest BCUT2D eigenvalue weighted by Gasteiger charge is -2.26. The summed E-state index contributed by atoms with van der Waals surface area (Å²) in [6, 6.07) is 4.32. The van der Waals surface area contributed by atoms with Crippen LogP contribution < -0.4 is 19.5 Å². The van der Waals surface area contributed by atoms with Crippen LogP contribution in [-0.4, -0.2) is 65.1 Å². The first kappa shape index (κ1) is 17.3. The van der Waals surface area contributed by atoms with Gasteiger partial charge in [-0.3, -0.25) is 4.90 Å². The molecular weight excluding hydrogens is 324 g/mol. The molecule has 0 aliphatic carbocycles. The maximum atomic E-state index is 12.4. The Labute approximate surface area is 135 Å². The number of aliphatic imine (C=N–C) groups is 1. The highest BCUT2D eigenvalue weighted by molar-refractivity contribution is 7.90. The highest BCUT2D eigenvalue weighted by atomic mass is 32.2. The standard InChI is InChI=1S/C13H20N4O5S/c1-21-11-4-3-10(7-12(11)22-2)23(19,20)16-13-14-8-17(5-6-18)9-15-13/h3-4,7,18H,5-6,8-9H2,1-2H3,(H2,14,15,16). The average molecular weight is 344 g/mol. The maximum Gasteiger partial charge on any atom is 0.264 e. The summed E-state index contributed by atoms with van der Waals surface area (Å²) in [6.45, 7) is 1.18. The van der Waals surface area contributed by atoms with E-state index in [-0.39, 0.29) is 17.5 Å². The van der Waals surface area contributed by atoms with Gasteiger partial charge in [0.1, 0.15) is 0 Å². The van der Waals surface area contributed by atoms with Crippen LogP contribution in [0.15, 0.2) is 28.1 Å². The molecule has 1 aliphatic heterocycles. The van der Waals surface area contributed by atoms with E-state index in [2.05, 4.69) is 15.0 Å². The molecule has 2 rings (SSSR count). The number of methoxy groups -OCH3 is 2. The van der Waals surface area contributed by atoms with Crippen molar-refractivity contribution in [2.24, 2.45) is 4.99 Å². The Morgan fingerprint density at radius 1 is 1.35 bits per heavy atom. The third-order valence-corrected chi connectivity index (χ3v) is 4.55. The molecule has 0 spiro atoms. The van der Waals surface area contributed by atoms with Crippen molar-refractivity contribution in [2.45, 2.75) is 4.90 Å². The van der Waals surface area contributed by atoms with Crippen LogP contribution in [0, 0.1) is 0 Å². The molecule has 0 fully saturated rings. The van der Waals surface area contributed by atoms with E-state index in [0.717, 1.165) is 0 Å². The molecule has 1 heterocycles. The van der Waals surface area contributed by atoms with E-state index >= 15 is 0 Å². The molecule has 3 N–H and O–H groups in total. The molecule has 0 bridgehead atoms. The van der Waals surface area contributed by atoms with Crippen LogP contribution in [0.1, 0.15) is 0 Å². The number of benzene rings is 1. The molecule has 1 aliphatic rings. The molecule has 0 saturated carbocycles. The zero-order valence-corrected chi connectivity index (χ0v) is 13.8. The average Bonchev–Trinajstić information content (AvgIpc) is 2.56. The summed E-state index contributed by atoms with van der Waals surface area (Å²) in [6.07, 6.45) is 0. The fourth-order valence-electron chi connectivity index (χ4n) is 1.99. The first-order chi connectivity index (χ1) is 11.0. The lowest BCUT2D eigenvalue weighted by Crippen LogP contribution is -2.50. The van der Waals surface area contributed by atoms with Crippen LogP contribution in [-0.2, 0) is 10.0 Å². The van der Waals surface area contributed by atoms with E-state index in [4.69, 9.17) is 14.6 Å². The van der Waals surface area contributed by atoms with Gasteiger partial charge >= 0.3 is 0 Å². The molecule has 1 aromatic carbocycles. The minimum Gasteiger partial charge on any atom is -0.493 e. The predicted octanol–water partition coefficient (Wildman–Crippen LogP) is -0.849. The Balaban J connectivity index is 2.13. The van der Waals surface area contributed by atoms with Gasteiger partial charge in [0.2, 0.25) is 5.96 Å². The van der Waals surface area contributed by atoms with Crippen LogP contribution in [0.25, 0.3) is 0 Å². The van der Waals surface area contributed by atoms with Crippen molar-refractivity contribution in [3.63, 3.8) is 0 Å². The maximum absolute atomic E-state index is 12.4. The fraction of sp³-hybridized carbons (Fsp3) is 0.462. The molecule has 0 aromatic heterocycles. The van der Waals surface area contributed by atoms with Crippen LogP contribution in [0.4, 0.5) is 0 Å². The van der Waals surface area contributed by atoms with Crippen molar-refractivity contribution < 1.29 is 23.0 Å². The number of hydrogen-bond donors (Lipinski definition) is 3. The number of ether oxygens (including phenoxy) is 2. The van der Waals surface area contributed by atoms with Crippen LogP contribution >= 0.6 is 0 Å². The number of guanidine groups is 1. The second kappa shape index (κ2) is 7.49. The Hall–Kier alpha value is -2.04. The number of sulfonamides is 1. The number of rotatable bonds is 6. The Bertz CT molecular complexity index is 677. The van der Waals surface area contributed by atoms with Crippen molar-refractivity contribution in [3.8, 4) is 11.5 Å². The van der Waals surface area contributed by atoms with E-state index in [1.807, 2.05) is 4.90 Å². The molecule has 0 atom stereocenters. The van der Waals surface area contributed by atoms with Gasteiger partial charge in [-0.05, 0) is 12.1 Å². The quantitative estimate of drug-likeness (QED) is 0.616. The van der Waals surface area contributed by atoms with Crippen molar-refractivity contribution in [3.05, 3.63) is 18.2 Å². The van der Waals surface area contributed by atoms with Crippen LogP contribution in [0.3, 0.4) is 0 Å². The summed E-state index contributed by atoms with van der Waals surface area (Å²) in [7, 11) is -0.884. The van der Waals surface area contributed by atoms with Crippen molar-refractivity contribution in [1.29, 1.82) is 0 Å². The van der Waals surface area contributed by atoms with Gasteiger partial charge in [0.05, 0.1) is 39.1 Å². The van der Waals surface area contributed by atoms with Gasteiger partial charge in [0.25, 0.3) is 10.0 Å². The smallest absolute Gasteiger partial charge is 0.264 e. The summed E-state index contributed by atoms with van der Waals surface area (Å²) < 4.78 is 37.4. The number of aliphatic hydroxyl groups excluding tert-OH is 1. The molecular formula is C13H20N4O5S. The van der Waals surface area contributed by atoms with Crippen LogP contribution in [0.5, 0.6) is 11.5 Å². The van der Waals surface area contributed by atoms with E-state index in [1.54, 1.807) is 0 Å². The van der Waals surface area contributed by atoms with Gasteiger partial charge in [-0.2, -0.15) is 0 Å². The Morgan fingerprint density at radius 3 is 2.65 bits per heavy atom. The largest absolute Gasteiger partial charge is 0.493 e. The van der Waals surface area contributed by atoms with E-state index in [9.17, 15) is 8.42 Å². The molecule has 0 radical (unpaired) electrons. The highest BCUT2D eigenvalue weighted by Crippen LogP contribution is 2.29. The number of nitrogens with zero attached hydrogens (tertiary/aromatic N) is 2. The third kappa shape index (κ3) is 4.24. The summed E-state index contributed by atoms with van der Waals surface area (Å²) in [5, 5.41) is 11.7. The van der Waals surface area contributed by atoms with E-state index in [0.29, 0.717) is 31.4 Å². The zero-order valence-electron chi connectivity index (χ0n) is 12.9. The van der Waals surface area contributed by atoms with Gasteiger partial charge in [-0.1, -0.05) is 0 Å². The second-order valence-corrected chi connectivity index (χ2v) is 6.41. The summed E-state index contributed by atoms with van der Waals surface area (Å²) in [5.74, 6) is 0.927. The Kier molecular flexibility index (Phi) is 5.64. The second-order valence-electron chi connectivity index (χ2n) is 4.72. The van der Waals surface area contributed by atoms with Gasteiger partial charge in [0.15, 0.2) is 11.5 Å².